The van der Waals surface area contributed by atoms with Crippen LogP contribution in [0.3, 0.4) is 0 Å². The number of benzene rings is 1. The van der Waals surface area contributed by atoms with Gasteiger partial charge in [0.05, 0.1) is 25.2 Å². The van der Waals surface area contributed by atoms with E-state index >= 15 is 0 Å². The molecule has 5 unspecified atom stereocenters. The highest BCUT2D eigenvalue weighted by Crippen LogP contribution is 2.75. The summed E-state index contributed by atoms with van der Waals surface area (Å²) in [5.41, 5.74) is 7.71. The van der Waals surface area contributed by atoms with Crippen molar-refractivity contribution in [3.63, 3.8) is 0 Å². The summed E-state index contributed by atoms with van der Waals surface area (Å²) in [6.07, 6.45) is 3.50. The van der Waals surface area contributed by atoms with Gasteiger partial charge in [0.15, 0.2) is 0 Å². The number of carbonyl (C=O) groups is 1. The summed E-state index contributed by atoms with van der Waals surface area (Å²) in [7, 11) is 1.49. The third-order valence-electron chi connectivity index (χ3n) is 10.4. The van der Waals surface area contributed by atoms with Crippen molar-refractivity contribution in [2.45, 2.75) is 53.2 Å². The fourth-order valence-electron chi connectivity index (χ4n) is 8.46. The number of carbonyl (C=O) groups excluding carboxylic acids is 1. The quantitative estimate of drug-likeness (QED) is 0.324. The molecular formula is C30H39NO5. The van der Waals surface area contributed by atoms with Crippen LogP contribution in [0.25, 0.3) is 0 Å². The average molecular weight is 494 g/mol. The number of rotatable bonds is 4. The second-order valence-corrected chi connectivity index (χ2v) is 12.2. The van der Waals surface area contributed by atoms with E-state index in [1.54, 1.807) is 18.2 Å². The van der Waals surface area contributed by atoms with Gasteiger partial charge in [0.1, 0.15) is 17.4 Å². The molecule has 8 atom stereocenters. The fraction of sp³-hybridized carbons (Fsp3) is 0.567. The smallest absolute Gasteiger partial charge is 0.344 e. The molecule has 2 fully saturated rings. The first-order chi connectivity index (χ1) is 16.9. The van der Waals surface area contributed by atoms with Crippen LogP contribution in [0.5, 0.6) is 5.75 Å². The molecule has 194 valence electrons. The minimum atomic E-state index is -1.02. The Balaban J connectivity index is 1.64. The van der Waals surface area contributed by atoms with Crippen molar-refractivity contribution < 1.29 is 24.5 Å². The standard InChI is InChI=1S/C30H39NO5/c1-15-13-30-16(2)11-20-24(28(20,4)5)19(17(30)3)12-18(14-32)25(33)29(30,6)26(15)36-27(34)23-21(31)9-8-10-22(23)35-7/h8-10,12-13,16,19-20,24-26,32-33H,3,11,14,31H2,1-2,4-7H3/t16-,19?,20-,24+,25?,26?,29?,30?/m1/s1. The molecule has 5 rings (SSSR count). The predicted octanol–water partition coefficient (Wildman–Crippen LogP) is 4.53. The largest absolute Gasteiger partial charge is 0.496 e. The lowest BCUT2D eigenvalue weighted by molar-refractivity contribution is -0.0944. The maximum atomic E-state index is 13.6. The van der Waals surface area contributed by atoms with Gasteiger partial charge < -0.3 is 25.4 Å². The lowest BCUT2D eigenvalue weighted by atomic mass is 9.52. The van der Waals surface area contributed by atoms with Crippen molar-refractivity contribution in [3.05, 3.63) is 59.2 Å². The molecule has 1 aromatic rings. The summed E-state index contributed by atoms with van der Waals surface area (Å²) in [5.74, 6) is 0.882. The van der Waals surface area contributed by atoms with Gasteiger partial charge in [-0.15, -0.1) is 0 Å². The van der Waals surface area contributed by atoms with Crippen molar-refractivity contribution in [3.8, 4) is 5.75 Å². The number of hydrogen-bond donors (Lipinski definition) is 3. The van der Waals surface area contributed by atoms with E-state index in [4.69, 9.17) is 15.2 Å². The number of methoxy groups -OCH3 is 1. The van der Waals surface area contributed by atoms with Crippen LogP contribution in [0.15, 0.2) is 53.6 Å². The third-order valence-corrected chi connectivity index (χ3v) is 10.4. The Bertz CT molecular complexity index is 1200. The van der Waals surface area contributed by atoms with E-state index < -0.39 is 29.0 Å². The first-order valence-corrected chi connectivity index (χ1v) is 12.9. The first-order valence-electron chi connectivity index (χ1n) is 12.9. The van der Waals surface area contributed by atoms with Gasteiger partial charge in [-0.05, 0) is 59.8 Å². The summed E-state index contributed by atoms with van der Waals surface area (Å²) in [6.45, 7) is 15.2. The van der Waals surface area contributed by atoms with Crippen LogP contribution in [0.1, 0.15) is 51.4 Å². The Morgan fingerprint density at radius 2 is 1.97 bits per heavy atom. The second-order valence-electron chi connectivity index (χ2n) is 12.2. The fourth-order valence-corrected chi connectivity index (χ4v) is 8.46. The van der Waals surface area contributed by atoms with Crippen LogP contribution >= 0.6 is 0 Å². The normalized spacial score (nSPS) is 40.2. The monoisotopic (exact) mass is 493 g/mol. The van der Waals surface area contributed by atoms with Gasteiger partial charge in [-0.3, -0.25) is 0 Å². The number of anilines is 1. The number of nitrogens with two attached hydrogens (primary N) is 1. The third kappa shape index (κ3) is 2.94. The van der Waals surface area contributed by atoms with Crippen LogP contribution in [0, 0.1) is 39.9 Å². The summed E-state index contributed by atoms with van der Waals surface area (Å²) in [4.78, 5) is 13.6. The van der Waals surface area contributed by atoms with Gasteiger partial charge in [-0.1, -0.05) is 58.1 Å². The van der Waals surface area contributed by atoms with Gasteiger partial charge in [-0.2, -0.15) is 0 Å². The molecule has 1 aromatic carbocycles. The van der Waals surface area contributed by atoms with Crippen molar-refractivity contribution in [2.24, 2.45) is 39.9 Å². The zero-order valence-corrected chi connectivity index (χ0v) is 22.2. The van der Waals surface area contributed by atoms with Crippen LogP contribution in [0.4, 0.5) is 5.69 Å². The van der Waals surface area contributed by atoms with Crippen molar-refractivity contribution in [2.75, 3.05) is 19.5 Å². The molecule has 36 heavy (non-hydrogen) atoms. The Labute approximate surface area is 213 Å². The lowest BCUT2D eigenvalue weighted by Gasteiger charge is -2.52. The molecule has 6 nitrogen and oxygen atoms in total. The number of hydrogen-bond acceptors (Lipinski definition) is 6. The molecule has 0 heterocycles. The van der Waals surface area contributed by atoms with Crippen molar-refractivity contribution in [1.82, 2.24) is 0 Å². The maximum absolute atomic E-state index is 13.6. The highest BCUT2D eigenvalue weighted by atomic mass is 16.5. The number of aliphatic hydroxyl groups excluding tert-OH is 2. The van der Waals surface area contributed by atoms with E-state index in [9.17, 15) is 15.0 Å². The molecule has 6 heteroatoms. The maximum Gasteiger partial charge on any atom is 0.344 e. The zero-order chi connectivity index (χ0) is 26.4. The average Bonchev–Trinajstić information content (AvgIpc) is 3.32. The Morgan fingerprint density at radius 1 is 1.28 bits per heavy atom. The van der Waals surface area contributed by atoms with Gasteiger partial charge in [0.25, 0.3) is 0 Å². The predicted molar refractivity (Wildman–Crippen MR) is 139 cm³/mol. The summed E-state index contributed by atoms with van der Waals surface area (Å²) in [5, 5.41) is 22.4. The van der Waals surface area contributed by atoms with Crippen molar-refractivity contribution in [1.29, 1.82) is 0 Å². The molecule has 2 saturated carbocycles. The number of nitrogen functional groups attached to an aromatic ring is 1. The molecule has 0 aromatic heterocycles. The van der Waals surface area contributed by atoms with Crippen molar-refractivity contribution >= 4 is 11.7 Å². The number of esters is 1. The molecule has 4 N–H and O–H groups in total. The first kappa shape index (κ1) is 25.1. The molecule has 0 aliphatic heterocycles. The Hall–Kier alpha value is -2.57. The van der Waals surface area contributed by atoms with Gasteiger partial charge in [0.2, 0.25) is 0 Å². The molecule has 0 amide bonds. The summed E-state index contributed by atoms with van der Waals surface area (Å²) >= 11 is 0. The topological polar surface area (TPSA) is 102 Å². The molecule has 1 spiro atoms. The molecule has 0 radical (unpaired) electrons. The van der Waals surface area contributed by atoms with E-state index in [1.165, 1.54) is 7.11 Å². The van der Waals surface area contributed by atoms with Crippen LogP contribution in [-0.4, -0.2) is 42.1 Å². The van der Waals surface area contributed by atoms with Crippen LogP contribution < -0.4 is 10.5 Å². The Kier molecular flexibility index (Phi) is 5.55. The van der Waals surface area contributed by atoms with Gasteiger partial charge in [-0.25, -0.2) is 4.79 Å². The van der Waals surface area contributed by atoms with E-state index in [1.807, 2.05) is 13.8 Å². The number of ether oxygens (including phenoxy) is 2. The minimum Gasteiger partial charge on any atom is -0.496 e. The van der Waals surface area contributed by atoms with Gasteiger partial charge >= 0.3 is 5.97 Å². The molecule has 0 saturated heterocycles. The second kappa shape index (κ2) is 7.96. The highest BCUT2D eigenvalue weighted by molar-refractivity contribution is 5.98. The molecule has 4 aliphatic rings. The number of allylic oxidation sites excluding steroid dienone is 3. The van der Waals surface area contributed by atoms with Crippen LogP contribution in [0.2, 0.25) is 0 Å². The molecule has 4 aliphatic carbocycles. The molecular weight excluding hydrogens is 454 g/mol. The van der Waals surface area contributed by atoms with E-state index in [-0.39, 0.29) is 35.1 Å². The molecule has 2 bridgehead atoms. The SMILES string of the molecule is C=C1C2C=C(CO)C(O)C3(C)C(OC(=O)c4c(N)cccc4OC)C(C)=CC13[C@H](C)C[C@@H]1[C@H]2C1(C)C. The summed E-state index contributed by atoms with van der Waals surface area (Å²) < 4.78 is 11.6. The van der Waals surface area contributed by atoms with Gasteiger partial charge in [0, 0.05) is 17.0 Å². The summed E-state index contributed by atoms with van der Waals surface area (Å²) in [6, 6.07) is 5.04. The Morgan fingerprint density at radius 3 is 2.61 bits per heavy atom. The minimum absolute atomic E-state index is 0.0388. The van der Waals surface area contributed by atoms with E-state index in [0.717, 1.165) is 17.6 Å². The van der Waals surface area contributed by atoms with Crippen LogP contribution in [-0.2, 0) is 4.74 Å². The lowest BCUT2D eigenvalue weighted by Crippen LogP contribution is -2.56. The van der Waals surface area contributed by atoms with E-state index in [0.29, 0.717) is 23.2 Å². The number of fused-ring (bicyclic) bond motifs is 3. The highest BCUT2D eigenvalue weighted by Gasteiger charge is 2.72. The zero-order valence-electron chi connectivity index (χ0n) is 22.2. The number of aliphatic hydroxyl groups is 2. The van der Waals surface area contributed by atoms with E-state index in [2.05, 4.69) is 39.5 Å².